The first kappa shape index (κ1) is 20.2. The lowest BCUT2D eigenvalue weighted by molar-refractivity contribution is -0.259. The number of nitrogens with one attached hydrogen (secondary N) is 1. The van der Waals surface area contributed by atoms with Gasteiger partial charge in [-0.15, -0.1) is 0 Å². The number of hydrogen-bond acceptors (Lipinski definition) is 4. The van der Waals surface area contributed by atoms with Gasteiger partial charge in [0.2, 0.25) is 0 Å². The monoisotopic (exact) mass is 413 g/mol. The third-order valence-electron chi connectivity index (χ3n) is 8.67. The number of rotatable bonds is 3. The molecule has 3 fully saturated rings. The molecule has 164 valence electrons. The van der Waals surface area contributed by atoms with Crippen LogP contribution in [-0.4, -0.2) is 30.9 Å². The fourth-order valence-corrected chi connectivity index (χ4v) is 6.91. The summed E-state index contributed by atoms with van der Waals surface area (Å²) in [4.78, 5) is 12.5. The minimum atomic E-state index is -0.267. The molecular weight excluding hydrogens is 378 g/mol. The van der Waals surface area contributed by atoms with Crippen molar-refractivity contribution in [3.8, 4) is 5.75 Å². The Morgan fingerprint density at radius 1 is 1.20 bits per heavy atom. The van der Waals surface area contributed by atoms with Gasteiger partial charge in [0.25, 0.3) is 0 Å². The number of alkyl carbamates (subject to hydrolysis) is 1. The van der Waals surface area contributed by atoms with Crippen LogP contribution in [0.4, 0.5) is 4.79 Å². The van der Waals surface area contributed by atoms with E-state index in [0.29, 0.717) is 25.0 Å². The number of hydrogen-bond donors (Lipinski definition) is 1. The molecule has 6 unspecified atom stereocenters. The van der Waals surface area contributed by atoms with Crippen LogP contribution in [0.2, 0.25) is 0 Å². The zero-order valence-corrected chi connectivity index (χ0v) is 18.5. The molecule has 5 nitrogen and oxygen atoms in total. The third kappa shape index (κ3) is 3.12. The lowest BCUT2D eigenvalue weighted by atomic mass is 9.50. The summed E-state index contributed by atoms with van der Waals surface area (Å²) in [5.74, 6) is 1.88. The lowest BCUT2D eigenvalue weighted by Crippen LogP contribution is -2.66. The maximum absolute atomic E-state index is 12.5. The van der Waals surface area contributed by atoms with E-state index in [0.717, 1.165) is 30.6 Å². The van der Waals surface area contributed by atoms with Gasteiger partial charge in [-0.1, -0.05) is 51.3 Å². The topological polar surface area (TPSA) is 56.8 Å². The van der Waals surface area contributed by atoms with Gasteiger partial charge in [-0.05, 0) is 44.1 Å². The van der Waals surface area contributed by atoms with Crippen LogP contribution in [0, 0.1) is 23.2 Å². The summed E-state index contributed by atoms with van der Waals surface area (Å²) in [5, 5.41) is 3.09. The van der Waals surface area contributed by atoms with E-state index < -0.39 is 0 Å². The van der Waals surface area contributed by atoms with Crippen LogP contribution in [0.5, 0.6) is 5.75 Å². The summed E-state index contributed by atoms with van der Waals surface area (Å²) >= 11 is 0. The second-order valence-corrected chi connectivity index (χ2v) is 10.4. The molecule has 0 spiro atoms. The van der Waals surface area contributed by atoms with E-state index in [1.54, 1.807) is 0 Å². The highest BCUT2D eigenvalue weighted by Gasteiger charge is 2.64. The van der Waals surface area contributed by atoms with Crippen molar-refractivity contribution in [1.82, 2.24) is 5.32 Å². The normalized spacial score (nSPS) is 40.1. The van der Waals surface area contributed by atoms with Crippen LogP contribution in [0.25, 0.3) is 0 Å². The number of para-hydroxylation sites is 1. The summed E-state index contributed by atoms with van der Waals surface area (Å²) in [5.41, 5.74) is 0.734. The van der Waals surface area contributed by atoms with Crippen molar-refractivity contribution >= 4 is 6.09 Å². The molecule has 2 aliphatic carbocycles. The average molecular weight is 414 g/mol. The van der Waals surface area contributed by atoms with Crippen molar-refractivity contribution in [2.45, 2.75) is 77.0 Å². The van der Waals surface area contributed by atoms with E-state index >= 15 is 0 Å². The first-order chi connectivity index (χ1) is 14.4. The molecule has 5 rings (SSSR count). The summed E-state index contributed by atoms with van der Waals surface area (Å²) in [6.07, 6.45) is 6.52. The van der Waals surface area contributed by atoms with E-state index in [4.69, 9.17) is 14.2 Å². The third-order valence-corrected chi connectivity index (χ3v) is 8.67. The molecule has 1 aromatic carbocycles. The number of fused-ring (bicyclic) bond motifs is 3. The maximum atomic E-state index is 12.5. The molecule has 0 radical (unpaired) electrons. The first-order valence-electron chi connectivity index (χ1n) is 11.8. The fraction of sp³-hybridized carbons (Fsp3) is 0.720. The number of ether oxygens (including phenoxy) is 3. The van der Waals surface area contributed by atoms with Gasteiger partial charge in [0.1, 0.15) is 18.0 Å². The Labute approximate surface area is 179 Å². The van der Waals surface area contributed by atoms with E-state index in [1.165, 1.54) is 19.3 Å². The molecule has 1 saturated heterocycles. The van der Waals surface area contributed by atoms with Crippen molar-refractivity contribution in [3.63, 3.8) is 0 Å². The Kier molecular flexibility index (Phi) is 5.00. The van der Waals surface area contributed by atoms with Crippen LogP contribution in [0.15, 0.2) is 24.3 Å². The van der Waals surface area contributed by atoms with Crippen molar-refractivity contribution < 1.29 is 19.0 Å². The first-order valence-corrected chi connectivity index (χ1v) is 11.8. The van der Waals surface area contributed by atoms with Crippen LogP contribution in [0.1, 0.15) is 71.0 Å². The molecule has 2 bridgehead atoms. The largest absolute Gasteiger partial charge is 0.487 e. The quantitative estimate of drug-likeness (QED) is 0.736. The van der Waals surface area contributed by atoms with Crippen molar-refractivity contribution in [2.75, 3.05) is 13.2 Å². The van der Waals surface area contributed by atoms with E-state index in [-0.39, 0.29) is 35.2 Å². The molecule has 5 heteroatoms. The average Bonchev–Trinajstić information content (AvgIpc) is 2.73. The Morgan fingerprint density at radius 2 is 1.97 bits per heavy atom. The SMILES string of the molecule is CC1CC2(C)Oc3ccccc3C3OCC1(COC(=O)NC1CCCCC1)C(C)C32. The van der Waals surface area contributed by atoms with Crippen LogP contribution >= 0.6 is 0 Å². The van der Waals surface area contributed by atoms with Crippen LogP contribution in [0.3, 0.4) is 0 Å². The zero-order valence-electron chi connectivity index (χ0n) is 18.5. The maximum Gasteiger partial charge on any atom is 0.407 e. The van der Waals surface area contributed by atoms with Crippen molar-refractivity contribution in [1.29, 1.82) is 0 Å². The van der Waals surface area contributed by atoms with Crippen LogP contribution in [-0.2, 0) is 9.47 Å². The second-order valence-electron chi connectivity index (χ2n) is 10.4. The van der Waals surface area contributed by atoms with Gasteiger partial charge in [0, 0.05) is 22.9 Å². The minimum absolute atomic E-state index is 0.0478. The molecule has 2 aliphatic heterocycles. The molecule has 6 atom stereocenters. The van der Waals surface area contributed by atoms with Crippen molar-refractivity contribution in [2.24, 2.45) is 23.2 Å². The number of amides is 1. The minimum Gasteiger partial charge on any atom is -0.487 e. The van der Waals surface area contributed by atoms with Gasteiger partial charge in [0.05, 0.1) is 12.7 Å². The second kappa shape index (κ2) is 7.44. The zero-order chi connectivity index (χ0) is 20.9. The lowest BCUT2D eigenvalue weighted by Gasteiger charge is -2.63. The molecule has 2 saturated carbocycles. The van der Waals surface area contributed by atoms with Gasteiger partial charge in [-0.25, -0.2) is 4.79 Å². The van der Waals surface area contributed by atoms with E-state index in [2.05, 4.69) is 44.3 Å². The Balaban J connectivity index is 1.34. The summed E-state index contributed by atoms with van der Waals surface area (Å²) in [7, 11) is 0. The van der Waals surface area contributed by atoms with Gasteiger partial charge in [-0.2, -0.15) is 0 Å². The molecule has 0 aromatic heterocycles. The molecular formula is C25H35NO4. The molecule has 30 heavy (non-hydrogen) atoms. The van der Waals surface area contributed by atoms with Gasteiger partial charge < -0.3 is 19.5 Å². The highest BCUT2D eigenvalue weighted by atomic mass is 16.6. The van der Waals surface area contributed by atoms with Gasteiger partial charge in [-0.3, -0.25) is 0 Å². The predicted molar refractivity (Wildman–Crippen MR) is 114 cm³/mol. The fourth-order valence-electron chi connectivity index (χ4n) is 6.91. The molecule has 1 aromatic rings. The standard InChI is InChI=1S/C25H35NO4/c1-16-13-24(3)21-17(2)25(16,15-29-23(27)26-18-9-5-4-6-10-18)14-28-22(21)19-11-7-8-12-20(19)30-24/h7-8,11-12,16-18,21-22H,4-6,9-10,13-15H2,1-3H3,(H,26,27). The van der Waals surface area contributed by atoms with Gasteiger partial charge in [0.15, 0.2) is 0 Å². The highest BCUT2D eigenvalue weighted by Crippen LogP contribution is 2.63. The van der Waals surface area contributed by atoms with Crippen molar-refractivity contribution in [3.05, 3.63) is 29.8 Å². The number of carbonyl (C=O) groups excluding carboxylic acids is 1. The highest BCUT2D eigenvalue weighted by molar-refractivity contribution is 5.67. The number of benzene rings is 1. The Bertz CT molecular complexity index is 806. The summed E-state index contributed by atoms with van der Waals surface area (Å²) in [6, 6.07) is 8.55. The summed E-state index contributed by atoms with van der Waals surface area (Å²) < 4.78 is 19.0. The molecule has 2 heterocycles. The predicted octanol–water partition coefficient (Wildman–Crippen LogP) is 5.25. The Hall–Kier alpha value is -1.75. The number of carbonyl (C=O) groups is 1. The molecule has 1 N–H and O–H groups in total. The van der Waals surface area contributed by atoms with E-state index in [1.807, 2.05) is 6.07 Å². The van der Waals surface area contributed by atoms with E-state index in [9.17, 15) is 4.79 Å². The molecule has 4 aliphatic rings. The Morgan fingerprint density at radius 3 is 2.77 bits per heavy atom. The summed E-state index contributed by atoms with van der Waals surface area (Å²) in [6.45, 7) is 7.86. The smallest absolute Gasteiger partial charge is 0.407 e. The van der Waals surface area contributed by atoms with Gasteiger partial charge >= 0.3 is 6.09 Å². The van der Waals surface area contributed by atoms with Crippen LogP contribution < -0.4 is 10.1 Å². The molecule has 1 amide bonds.